The van der Waals surface area contributed by atoms with Crippen LogP contribution in [0, 0.1) is 34.6 Å². The van der Waals surface area contributed by atoms with Crippen molar-refractivity contribution in [3.63, 3.8) is 0 Å². The van der Waals surface area contributed by atoms with Crippen molar-refractivity contribution in [1.82, 2.24) is 0 Å². The van der Waals surface area contributed by atoms with E-state index >= 15 is 0 Å². The molecule has 1 aromatic carbocycles. The molecule has 1 rings (SSSR count). The molecule has 12 heavy (non-hydrogen) atoms. The van der Waals surface area contributed by atoms with Gasteiger partial charge in [-0.25, -0.2) is 0 Å². The van der Waals surface area contributed by atoms with Crippen LogP contribution in [0.15, 0.2) is 0 Å². The average Bonchev–Trinajstić information content (AvgIpc) is 2.08. The van der Waals surface area contributed by atoms with Crippen LogP contribution in [0.25, 0.3) is 0 Å². The zero-order valence-corrected chi connectivity index (χ0v) is 14.2. The van der Waals surface area contributed by atoms with Gasteiger partial charge in [0.05, 0.1) is 0 Å². The summed E-state index contributed by atoms with van der Waals surface area (Å²) in [5.41, 5.74) is 7.57. The molecule has 0 nitrogen and oxygen atoms in total. The van der Waals surface area contributed by atoms with Crippen LogP contribution < -0.4 is 3.07 Å². The molecule has 0 aliphatic rings. The first-order valence-electron chi connectivity index (χ1n) is 4.35. The standard InChI is InChI=1S/C11H15.Hg/c1-7-6-8(2)10(4)11(5)9(7)3;/h1-5H3;. The zero-order chi connectivity index (χ0) is 9.46. The second-order valence-electron chi connectivity index (χ2n) is 3.60. The van der Waals surface area contributed by atoms with E-state index in [9.17, 15) is 0 Å². The van der Waals surface area contributed by atoms with Crippen LogP contribution in [0.5, 0.6) is 0 Å². The third kappa shape index (κ3) is 1.46. The zero-order valence-electron chi connectivity index (χ0n) is 8.71. The third-order valence-electron chi connectivity index (χ3n) is 3.16. The molecule has 0 unspecified atom stereocenters. The molecule has 0 saturated carbocycles. The summed E-state index contributed by atoms with van der Waals surface area (Å²) < 4.78 is 1.65. The molecule has 1 aromatic rings. The second kappa shape index (κ2) is 3.49. The Morgan fingerprint density at radius 3 is 1.17 bits per heavy atom. The van der Waals surface area contributed by atoms with Crippen molar-refractivity contribution in [3.8, 4) is 0 Å². The molecule has 0 amide bonds. The first-order chi connectivity index (χ1) is 5.46. The monoisotopic (exact) mass is 349 g/mol. The van der Waals surface area contributed by atoms with Crippen LogP contribution >= 0.6 is 0 Å². The Labute approximate surface area is 91.3 Å². The van der Waals surface area contributed by atoms with Crippen molar-refractivity contribution in [1.29, 1.82) is 0 Å². The Balaban J connectivity index is 3.60. The number of hydrogen-bond acceptors (Lipinski definition) is 0. The van der Waals surface area contributed by atoms with Crippen molar-refractivity contribution in [2.45, 2.75) is 34.6 Å². The molecular weight excluding hydrogens is 333 g/mol. The van der Waals surface area contributed by atoms with E-state index in [-0.39, 0.29) is 0 Å². The number of benzene rings is 1. The molecule has 0 spiro atoms. The van der Waals surface area contributed by atoms with Gasteiger partial charge < -0.3 is 0 Å². The number of hydrogen-bond donors (Lipinski definition) is 0. The normalized spacial score (nSPS) is 10.6. The molecule has 0 bridgehead atoms. The summed E-state index contributed by atoms with van der Waals surface area (Å²) in [6.07, 6.45) is 0. The second-order valence-corrected chi connectivity index (χ2v) is 6.35. The fraction of sp³-hybridized carbons (Fsp3) is 0.455. The Hall–Kier alpha value is 0.155. The van der Waals surface area contributed by atoms with Gasteiger partial charge in [-0.3, -0.25) is 0 Å². The molecule has 0 aliphatic carbocycles. The molecule has 0 atom stereocenters. The molecule has 0 N–H and O–H groups in total. The van der Waals surface area contributed by atoms with Crippen LogP contribution in [-0.4, -0.2) is 0 Å². The van der Waals surface area contributed by atoms with Crippen molar-refractivity contribution < 1.29 is 26.1 Å². The summed E-state index contributed by atoms with van der Waals surface area (Å²) >= 11 is 0.758. The third-order valence-corrected chi connectivity index (χ3v) is 7.28. The minimum absolute atomic E-state index is 0.758. The molecule has 0 radical (unpaired) electrons. The van der Waals surface area contributed by atoms with E-state index in [1.54, 1.807) is 14.2 Å². The predicted molar refractivity (Wildman–Crippen MR) is 49.8 cm³/mol. The minimum atomic E-state index is 0.758. The summed E-state index contributed by atoms with van der Waals surface area (Å²) in [7, 11) is 0. The van der Waals surface area contributed by atoms with Gasteiger partial charge in [0.1, 0.15) is 0 Å². The Bertz CT molecular complexity index is 219. The van der Waals surface area contributed by atoms with E-state index < -0.39 is 0 Å². The maximum absolute atomic E-state index is 2.26. The Morgan fingerprint density at radius 2 is 0.833 bits per heavy atom. The SMILES string of the molecule is Cc1c(C)c(C)[c]([Hg])c(C)c1C. The van der Waals surface area contributed by atoms with Crippen LogP contribution in [0.1, 0.15) is 27.8 Å². The van der Waals surface area contributed by atoms with Crippen molar-refractivity contribution in [3.05, 3.63) is 27.8 Å². The van der Waals surface area contributed by atoms with E-state index in [2.05, 4.69) is 34.6 Å². The molecule has 0 aliphatic heterocycles. The molecule has 0 heterocycles. The number of rotatable bonds is 0. The van der Waals surface area contributed by atoms with Crippen molar-refractivity contribution in [2.75, 3.05) is 0 Å². The van der Waals surface area contributed by atoms with Gasteiger partial charge in [-0.05, 0) is 0 Å². The van der Waals surface area contributed by atoms with Gasteiger partial charge in [-0.2, -0.15) is 0 Å². The fourth-order valence-electron chi connectivity index (χ4n) is 1.58. The summed E-state index contributed by atoms with van der Waals surface area (Å²) in [6.45, 7) is 11.2. The van der Waals surface area contributed by atoms with E-state index in [0.29, 0.717) is 0 Å². The molecule has 1 heteroatoms. The summed E-state index contributed by atoms with van der Waals surface area (Å²) in [6, 6.07) is 0. The van der Waals surface area contributed by atoms with E-state index in [1.165, 1.54) is 16.7 Å². The fourth-order valence-corrected chi connectivity index (χ4v) is 3.64. The van der Waals surface area contributed by atoms with Gasteiger partial charge in [0.25, 0.3) is 0 Å². The summed E-state index contributed by atoms with van der Waals surface area (Å²) in [5, 5.41) is 0. The van der Waals surface area contributed by atoms with Gasteiger partial charge in [-0.1, -0.05) is 0 Å². The molecule has 0 fully saturated rings. The summed E-state index contributed by atoms with van der Waals surface area (Å²) in [4.78, 5) is 0. The predicted octanol–water partition coefficient (Wildman–Crippen LogP) is 2.40. The van der Waals surface area contributed by atoms with Gasteiger partial charge in [0.2, 0.25) is 0 Å². The van der Waals surface area contributed by atoms with Gasteiger partial charge in [-0.15, -0.1) is 0 Å². The Kier molecular flexibility index (Phi) is 2.98. The molecule has 0 aromatic heterocycles. The first kappa shape index (κ1) is 10.2. The van der Waals surface area contributed by atoms with E-state index in [0.717, 1.165) is 26.1 Å². The van der Waals surface area contributed by atoms with Gasteiger partial charge in [0.15, 0.2) is 0 Å². The van der Waals surface area contributed by atoms with Gasteiger partial charge >= 0.3 is 91.6 Å². The molecule has 61 valence electrons. The molecule has 0 saturated heterocycles. The topological polar surface area (TPSA) is 0 Å². The van der Waals surface area contributed by atoms with Gasteiger partial charge in [0, 0.05) is 0 Å². The molecular formula is C11H15Hg. The summed E-state index contributed by atoms with van der Waals surface area (Å²) in [5.74, 6) is 0. The van der Waals surface area contributed by atoms with Crippen molar-refractivity contribution in [2.24, 2.45) is 0 Å². The van der Waals surface area contributed by atoms with Crippen LogP contribution in [0.2, 0.25) is 0 Å². The van der Waals surface area contributed by atoms with Crippen LogP contribution in [0.3, 0.4) is 0 Å². The van der Waals surface area contributed by atoms with Crippen LogP contribution in [0.4, 0.5) is 0 Å². The van der Waals surface area contributed by atoms with E-state index in [1.807, 2.05) is 0 Å². The van der Waals surface area contributed by atoms with Crippen LogP contribution in [-0.2, 0) is 26.1 Å². The Morgan fingerprint density at radius 1 is 0.583 bits per heavy atom. The average molecular weight is 348 g/mol. The maximum atomic E-state index is 2.26. The quantitative estimate of drug-likeness (QED) is 0.632. The first-order valence-corrected chi connectivity index (χ1v) is 7.10. The van der Waals surface area contributed by atoms with Crippen molar-refractivity contribution >= 4 is 3.07 Å². The van der Waals surface area contributed by atoms with E-state index in [4.69, 9.17) is 0 Å².